The summed E-state index contributed by atoms with van der Waals surface area (Å²) in [6.07, 6.45) is 3.50. The van der Waals surface area contributed by atoms with Crippen LogP contribution in [0.25, 0.3) is 33.5 Å². The molecule has 0 saturated carbocycles. The van der Waals surface area contributed by atoms with Crippen LogP contribution in [0.5, 0.6) is 0 Å². The maximum Gasteiger partial charge on any atom is 0.410 e. The Morgan fingerprint density at radius 2 is 1.61 bits per heavy atom. The molecule has 6 rings (SSSR count). The molecule has 3 heterocycles. The van der Waals surface area contributed by atoms with E-state index in [1.54, 1.807) is 61.7 Å². The molecule has 0 aliphatic carbocycles. The quantitative estimate of drug-likeness (QED) is 0.198. The maximum atomic E-state index is 14.0. The number of aromatic nitrogens is 3. The lowest BCUT2D eigenvalue weighted by atomic mass is 9.92. The SMILES string of the molecule is Cc1ccc(S(=O)(=O)n2cc(-c3ccc(C(=O)N(C)C)c(C)c3)c3nc(-c4cc(C)c5c(c4)CCN(C(=O)OC(C)(C)C)C5)cnc32)cc1. The van der Waals surface area contributed by atoms with Gasteiger partial charge < -0.3 is 14.5 Å². The Labute approximate surface area is 287 Å². The molecule has 2 amide bonds. The molecular formula is C38H41N5O5S. The topological polar surface area (TPSA) is 115 Å². The lowest BCUT2D eigenvalue weighted by Gasteiger charge is -2.32. The zero-order chi connectivity index (χ0) is 35.4. The largest absolute Gasteiger partial charge is 0.444 e. The van der Waals surface area contributed by atoms with Gasteiger partial charge in [0.2, 0.25) is 0 Å². The van der Waals surface area contributed by atoms with Gasteiger partial charge in [0.05, 0.1) is 16.8 Å². The highest BCUT2D eigenvalue weighted by molar-refractivity contribution is 7.90. The Kier molecular flexibility index (Phi) is 8.60. The van der Waals surface area contributed by atoms with Gasteiger partial charge in [0.15, 0.2) is 5.65 Å². The number of amides is 2. The Morgan fingerprint density at radius 1 is 0.918 bits per heavy atom. The minimum atomic E-state index is -4.02. The summed E-state index contributed by atoms with van der Waals surface area (Å²) in [7, 11) is -0.613. The molecule has 49 heavy (non-hydrogen) atoms. The third-order valence-corrected chi connectivity index (χ3v) is 10.4. The summed E-state index contributed by atoms with van der Waals surface area (Å²) in [5, 5.41) is 0. The molecule has 0 radical (unpaired) electrons. The van der Waals surface area contributed by atoms with Crippen LogP contribution in [0.1, 0.15) is 58.9 Å². The average molecular weight is 680 g/mol. The third kappa shape index (κ3) is 6.55. The molecule has 254 valence electrons. The molecule has 10 nitrogen and oxygen atoms in total. The Morgan fingerprint density at radius 3 is 2.27 bits per heavy atom. The van der Waals surface area contributed by atoms with Gasteiger partial charge in [0.1, 0.15) is 11.1 Å². The van der Waals surface area contributed by atoms with Crippen LogP contribution in [0.3, 0.4) is 0 Å². The second-order valence-corrected chi connectivity index (χ2v) is 15.7. The summed E-state index contributed by atoms with van der Waals surface area (Å²) < 4.78 is 34.8. The van der Waals surface area contributed by atoms with Gasteiger partial charge in [0, 0.05) is 50.1 Å². The number of fused-ring (bicyclic) bond motifs is 2. The summed E-state index contributed by atoms with van der Waals surface area (Å²) in [6, 6.07) is 16.3. The van der Waals surface area contributed by atoms with Crippen molar-refractivity contribution in [1.29, 1.82) is 0 Å². The lowest BCUT2D eigenvalue weighted by Crippen LogP contribution is -2.40. The van der Waals surface area contributed by atoms with E-state index in [1.165, 1.54) is 8.87 Å². The van der Waals surface area contributed by atoms with E-state index in [4.69, 9.17) is 14.7 Å². The van der Waals surface area contributed by atoms with Gasteiger partial charge in [-0.05, 0) is 106 Å². The minimum absolute atomic E-state index is 0.118. The molecule has 0 atom stereocenters. The summed E-state index contributed by atoms with van der Waals surface area (Å²) in [5.41, 5.74) is 8.26. The Balaban J connectivity index is 1.46. The van der Waals surface area contributed by atoms with Crippen LogP contribution in [-0.4, -0.2) is 70.4 Å². The number of aryl methyl sites for hydroxylation is 3. The van der Waals surface area contributed by atoms with Gasteiger partial charge in [-0.1, -0.05) is 29.8 Å². The van der Waals surface area contributed by atoms with E-state index in [9.17, 15) is 18.0 Å². The van der Waals surface area contributed by atoms with Crippen LogP contribution in [0.2, 0.25) is 0 Å². The number of nitrogens with zero attached hydrogens (tertiary/aromatic N) is 5. The minimum Gasteiger partial charge on any atom is -0.444 e. The third-order valence-electron chi connectivity index (χ3n) is 8.73. The van der Waals surface area contributed by atoms with Crippen LogP contribution in [-0.2, 0) is 27.7 Å². The summed E-state index contributed by atoms with van der Waals surface area (Å²) >= 11 is 0. The van der Waals surface area contributed by atoms with Crippen molar-refractivity contribution in [1.82, 2.24) is 23.7 Å². The van der Waals surface area contributed by atoms with Crippen molar-refractivity contribution < 1.29 is 22.7 Å². The van der Waals surface area contributed by atoms with Crippen LogP contribution in [0.4, 0.5) is 4.79 Å². The first-order valence-corrected chi connectivity index (χ1v) is 17.6. The van der Waals surface area contributed by atoms with Gasteiger partial charge in [0.25, 0.3) is 15.9 Å². The standard InChI is InChI=1S/C38H41N5O5S/c1-23-9-12-29(13-10-23)49(46,47)43-22-32(26-11-14-30(24(2)17-26)36(44)41(7)8)34-35(43)39-20-33(40-34)28-18-25(3)31-21-42(16-15-27(31)19-28)37(45)48-38(4,5)6/h9-14,17-20,22H,15-16,21H2,1-8H3. The van der Waals surface area contributed by atoms with E-state index in [0.717, 1.165) is 33.4 Å². The van der Waals surface area contributed by atoms with E-state index >= 15 is 0 Å². The van der Waals surface area contributed by atoms with Crippen molar-refractivity contribution in [3.8, 4) is 22.4 Å². The zero-order valence-electron chi connectivity index (χ0n) is 29.2. The van der Waals surface area contributed by atoms with Gasteiger partial charge in [-0.2, -0.15) is 0 Å². The first-order chi connectivity index (χ1) is 23.0. The highest BCUT2D eigenvalue weighted by Gasteiger charge is 2.28. The van der Waals surface area contributed by atoms with Crippen molar-refractivity contribution in [3.63, 3.8) is 0 Å². The fourth-order valence-electron chi connectivity index (χ4n) is 6.13. The fourth-order valence-corrected chi connectivity index (χ4v) is 7.44. The van der Waals surface area contributed by atoms with E-state index in [0.29, 0.717) is 47.4 Å². The maximum absolute atomic E-state index is 14.0. The van der Waals surface area contributed by atoms with Crippen molar-refractivity contribution in [2.24, 2.45) is 0 Å². The fraction of sp³-hybridized carbons (Fsp3) is 0.316. The highest BCUT2D eigenvalue weighted by atomic mass is 32.2. The molecule has 0 unspecified atom stereocenters. The van der Waals surface area contributed by atoms with E-state index < -0.39 is 15.6 Å². The smallest absolute Gasteiger partial charge is 0.410 e. The van der Waals surface area contributed by atoms with E-state index in [-0.39, 0.29) is 22.5 Å². The molecule has 0 fully saturated rings. The van der Waals surface area contributed by atoms with E-state index in [1.807, 2.05) is 59.7 Å². The zero-order valence-corrected chi connectivity index (χ0v) is 30.0. The predicted molar refractivity (Wildman–Crippen MR) is 190 cm³/mol. The molecule has 1 aliphatic heterocycles. The molecule has 5 aromatic rings. The molecule has 3 aromatic carbocycles. The van der Waals surface area contributed by atoms with Crippen LogP contribution < -0.4 is 0 Å². The number of ether oxygens (including phenoxy) is 1. The summed E-state index contributed by atoms with van der Waals surface area (Å²) in [4.78, 5) is 38.7. The molecule has 0 saturated heterocycles. The highest BCUT2D eigenvalue weighted by Crippen LogP contribution is 2.35. The van der Waals surface area contributed by atoms with Gasteiger partial charge in [-0.15, -0.1) is 0 Å². The van der Waals surface area contributed by atoms with Crippen molar-refractivity contribution >= 4 is 33.2 Å². The Bertz CT molecular complexity index is 2230. The molecule has 1 aliphatic rings. The first kappa shape index (κ1) is 33.9. The number of hydrogen-bond donors (Lipinski definition) is 0. The molecule has 0 N–H and O–H groups in total. The van der Waals surface area contributed by atoms with Crippen molar-refractivity contribution in [2.75, 3.05) is 20.6 Å². The number of carbonyl (C=O) groups excluding carboxylic acids is 2. The number of rotatable bonds is 5. The van der Waals surface area contributed by atoms with E-state index in [2.05, 4.69) is 6.07 Å². The second-order valence-electron chi connectivity index (χ2n) is 13.9. The van der Waals surface area contributed by atoms with Crippen LogP contribution in [0.15, 0.2) is 71.9 Å². The first-order valence-electron chi connectivity index (χ1n) is 16.2. The van der Waals surface area contributed by atoms with Gasteiger partial charge >= 0.3 is 6.09 Å². The normalized spacial score (nSPS) is 13.3. The number of hydrogen-bond acceptors (Lipinski definition) is 7. The number of benzene rings is 3. The monoisotopic (exact) mass is 679 g/mol. The predicted octanol–water partition coefficient (Wildman–Crippen LogP) is 6.92. The number of carbonyl (C=O) groups is 2. The van der Waals surface area contributed by atoms with Crippen LogP contribution >= 0.6 is 0 Å². The van der Waals surface area contributed by atoms with Gasteiger partial charge in [-0.3, -0.25) is 4.79 Å². The molecule has 2 aromatic heterocycles. The summed E-state index contributed by atoms with van der Waals surface area (Å²) in [5.74, 6) is -0.118. The van der Waals surface area contributed by atoms with Crippen LogP contribution in [0, 0.1) is 20.8 Å². The van der Waals surface area contributed by atoms with Crippen molar-refractivity contribution in [2.45, 2.75) is 65.0 Å². The average Bonchev–Trinajstić information content (AvgIpc) is 3.43. The summed E-state index contributed by atoms with van der Waals surface area (Å²) in [6.45, 7) is 12.3. The van der Waals surface area contributed by atoms with Gasteiger partial charge in [-0.25, -0.2) is 27.2 Å². The molecular weight excluding hydrogens is 639 g/mol. The Hall–Kier alpha value is -5.03. The molecule has 11 heteroatoms. The molecule has 0 spiro atoms. The lowest BCUT2D eigenvalue weighted by molar-refractivity contribution is 0.0223. The van der Waals surface area contributed by atoms with Crippen molar-refractivity contribution in [3.05, 3.63) is 100 Å². The molecule has 0 bridgehead atoms. The second kappa shape index (κ2) is 12.5.